The van der Waals surface area contributed by atoms with Gasteiger partial charge in [0.25, 0.3) is 0 Å². The predicted molar refractivity (Wildman–Crippen MR) is 75.7 cm³/mol. The standard InChI is InChI=1S/C15H26ClNO/c1-2-14(16)10-17-15(18)13-8-7-11-5-3-4-6-12(11)9-13/h11-14H,2-10H2,1H3,(H,17,18). The van der Waals surface area contributed by atoms with Crippen LogP contribution in [0.2, 0.25) is 0 Å². The summed E-state index contributed by atoms with van der Waals surface area (Å²) in [6.45, 7) is 2.68. The second-order valence-corrected chi connectivity index (χ2v) is 6.68. The maximum absolute atomic E-state index is 12.1. The quantitative estimate of drug-likeness (QED) is 0.776. The van der Waals surface area contributed by atoms with Gasteiger partial charge in [0, 0.05) is 12.5 Å². The van der Waals surface area contributed by atoms with Crippen LogP contribution in [0, 0.1) is 17.8 Å². The summed E-state index contributed by atoms with van der Waals surface area (Å²) >= 11 is 6.04. The van der Waals surface area contributed by atoms with E-state index < -0.39 is 0 Å². The number of fused-ring (bicyclic) bond motifs is 1. The first-order valence-electron chi connectivity index (χ1n) is 7.62. The van der Waals surface area contributed by atoms with Crippen molar-refractivity contribution in [3.8, 4) is 0 Å². The van der Waals surface area contributed by atoms with Crippen LogP contribution in [-0.2, 0) is 4.79 Å². The lowest BCUT2D eigenvalue weighted by Gasteiger charge is -2.38. The number of nitrogens with one attached hydrogen (secondary N) is 1. The first kappa shape index (κ1) is 14.2. The summed E-state index contributed by atoms with van der Waals surface area (Å²) in [6, 6.07) is 0. The van der Waals surface area contributed by atoms with E-state index in [4.69, 9.17) is 11.6 Å². The first-order valence-corrected chi connectivity index (χ1v) is 8.06. The molecule has 0 bridgehead atoms. The summed E-state index contributed by atoms with van der Waals surface area (Å²) in [5.41, 5.74) is 0. The zero-order valence-electron chi connectivity index (χ0n) is 11.5. The summed E-state index contributed by atoms with van der Waals surface area (Å²) in [6.07, 6.45) is 9.91. The van der Waals surface area contributed by atoms with Crippen LogP contribution in [-0.4, -0.2) is 17.8 Å². The Morgan fingerprint density at radius 1 is 1.22 bits per heavy atom. The van der Waals surface area contributed by atoms with Crippen LogP contribution in [0.15, 0.2) is 0 Å². The number of alkyl halides is 1. The van der Waals surface area contributed by atoms with Crippen LogP contribution < -0.4 is 5.32 Å². The Kier molecular flexibility index (Phi) is 5.35. The van der Waals surface area contributed by atoms with Gasteiger partial charge in [-0.3, -0.25) is 4.79 Å². The van der Waals surface area contributed by atoms with Gasteiger partial charge in [0.05, 0.1) is 5.38 Å². The normalized spacial score (nSPS) is 33.6. The van der Waals surface area contributed by atoms with Crippen LogP contribution in [0.3, 0.4) is 0 Å². The van der Waals surface area contributed by atoms with Gasteiger partial charge >= 0.3 is 0 Å². The molecule has 2 aliphatic rings. The molecule has 1 N–H and O–H groups in total. The predicted octanol–water partition coefficient (Wildman–Crippen LogP) is 3.73. The molecule has 2 aliphatic carbocycles. The first-order chi connectivity index (χ1) is 8.70. The van der Waals surface area contributed by atoms with Gasteiger partial charge in [0.15, 0.2) is 0 Å². The highest BCUT2D eigenvalue weighted by molar-refractivity contribution is 6.20. The lowest BCUT2D eigenvalue weighted by molar-refractivity contribution is -0.127. The molecule has 0 saturated heterocycles. The molecule has 0 aliphatic heterocycles. The largest absolute Gasteiger partial charge is 0.354 e. The molecule has 0 spiro atoms. The fraction of sp³-hybridized carbons (Fsp3) is 0.933. The van der Waals surface area contributed by atoms with E-state index in [1.807, 2.05) is 0 Å². The Hall–Kier alpha value is -0.240. The van der Waals surface area contributed by atoms with Gasteiger partial charge in [-0.1, -0.05) is 32.6 Å². The van der Waals surface area contributed by atoms with Crippen molar-refractivity contribution in [1.29, 1.82) is 0 Å². The van der Waals surface area contributed by atoms with E-state index in [0.29, 0.717) is 6.54 Å². The smallest absolute Gasteiger partial charge is 0.223 e. The Morgan fingerprint density at radius 3 is 2.67 bits per heavy atom. The summed E-state index contributed by atoms with van der Waals surface area (Å²) in [5, 5.41) is 3.11. The molecule has 2 fully saturated rings. The number of carbonyl (C=O) groups is 1. The van der Waals surface area contributed by atoms with Gasteiger partial charge in [0.2, 0.25) is 5.91 Å². The Balaban J connectivity index is 1.77. The Morgan fingerprint density at radius 2 is 1.94 bits per heavy atom. The van der Waals surface area contributed by atoms with E-state index in [1.165, 1.54) is 32.1 Å². The third-order valence-corrected chi connectivity index (χ3v) is 5.31. The molecule has 3 heteroatoms. The lowest BCUT2D eigenvalue weighted by atomic mass is 9.67. The maximum atomic E-state index is 12.1. The van der Waals surface area contributed by atoms with Gasteiger partial charge in [-0.05, 0) is 37.5 Å². The molecule has 0 aromatic rings. The van der Waals surface area contributed by atoms with Crippen molar-refractivity contribution < 1.29 is 4.79 Å². The van der Waals surface area contributed by atoms with Gasteiger partial charge in [-0.2, -0.15) is 0 Å². The van der Waals surface area contributed by atoms with Crippen LogP contribution in [0.4, 0.5) is 0 Å². The summed E-state index contributed by atoms with van der Waals surface area (Å²) in [7, 11) is 0. The number of hydrogen-bond donors (Lipinski definition) is 1. The molecule has 4 atom stereocenters. The van der Waals surface area contributed by atoms with Crippen molar-refractivity contribution in [2.75, 3.05) is 6.54 Å². The third kappa shape index (κ3) is 3.63. The average Bonchev–Trinajstić information content (AvgIpc) is 2.43. The monoisotopic (exact) mass is 271 g/mol. The van der Waals surface area contributed by atoms with E-state index in [2.05, 4.69) is 12.2 Å². The van der Waals surface area contributed by atoms with Crippen molar-refractivity contribution in [3.05, 3.63) is 0 Å². The number of rotatable bonds is 4. The average molecular weight is 272 g/mol. The zero-order chi connectivity index (χ0) is 13.0. The second-order valence-electron chi connectivity index (χ2n) is 6.07. The van der Waals surface area contributed by atoms with Gasteiger partial charge in [-0.25, -0.2) is 0 Å². The van der Waals surface area contributed by atoms with Crippen molar-refractivity contribution >= 4 is 17.5 Å². The summed E-state index contributed by atoms with van der Waals surface area (Å²) in [5.74, 6) is 2.24. The summed E-state index contributed by atoms with van der Waals surface area (Å²) < 4.78 is 0. The maximum Gasteiger partial charge on any atom is 0.223 e. The number of halogens is 1. The molecule has 0 aromatic carbocycles. The lowest BCUT2D eigenvalue weighted by Crippen LogP contribution is -2.39. The minimum absolute atomic E-state index is 0.0833. The highest BCUT2D eigenvalue weighted by atomic mass is 35.5. The van der Waals surface area contributed by atoms with Gasteiger partial charge < -0.3 is 5.32 Å². The zero-order valence-corrected chi connectivity index (χ0v) is 12.2. The molecule has 4 unspecified atom stereocenters. The minimum atomic E-state index is 0.0833. The summed E-state index contributed by atoms with van der Waals surface area (Å²) in [4.78, 5) is 12.1. The molecule has 18 heavy (non-hydrogen) atoms. The molecule has 104 valence electrons. The SMILES string of the molecule is CCC(Cl)CNC(=O)C1CCC2CCCCC2C1. The fourth-order valence-corrected chi connectivity index (χ4v) is 3.69. The molecule has 1 amide bonds. The Labute approximate surface area is 116 Å². The number of amides is 1. The van der Waals surface area contributed by atoms with Gasteiger partial charge in [0.1, 0.15) is 0 Å². The van der Waals surface area contributed by atoms with Gasteiger partial charge in [-0.15, -0.1) is 11.6 Å². The fourth-order valence-electron chi connectivity index (χ4n) is 3.61. The minimum Gasteiger partial charge on any atom is -0.354 e. The van der Waals surface area contributed by atoms with Crippen molar-refractivity contribution in [3.63, 3.8) is 0 Å². The van der Waals surface area contributed by atoms with Crippen LogP contribution in [0.1, 0.15) is 58.3 Å². The van der Waals surface area contributed by atoms with Crippen molar-refractivity contribution in [1.82, 2.24) is 5.32 Å². The van der Waals surface area contributed by atoms with Crippen molar-refractivity contribution in [2.24, 2.45) is 17.8 Å². The number of carbonyl (C=O) groups excluding carboxylic acids is 1. The number of hydrogen-bond acceptors (Lipinski definition) is 1. The molecule has 0 aromatic heterocycles. The van der Waals surface area contributed by atoms with Crippen molar-refractivity contribution in [2.45, 2.75) is 63.7 Å². The molecular formula is C15H26ClNO. The molecule has 0 radical (unpaired) electrons. The molecule has 0 heterocycles. The van der Waals surface area contributed by atoms with E-state index in [1.54, 1.807) is 0 Å². The topological polar surface area (TPSA) is 29.1 Å². The van der Waals surface area contributed by atoms with E-state index in [0.717, 1.165) is 31.1 Å². The molecule has 2 rings (SSSR count). The van der Waals surface area contributed by atoms with E-state index in [9.17, 15) is 4.79 Å². The molecule has 2 saturated carbocycles. The van der Waals surface area contributed by atoms with E-state index >= 15 is 0 Å². The van der Waals surface area contributed by atoms with Crippen LogP contribution in [0.25, 0.3) is 0 Å². The Bertz CT molecular complexity index is 282. The van der Waals surface area contributed by atoms with E-state index in [-0.39, 0.29) is 17.2 Å². The highest BCUT2D eigenvalue weighted by Crippen LogP contribution is 2.42. The third-order valence-electron chi connectivity index (χ3n) is 4.85. The molecule has 2 nitrogen and oxygen atoms in total. The van der Waals surface area contributed by atoms with Crippen LogP contribution in [0.5, 0.6) is 0 Å². The molecular weight excluding hydrogens is 246 g/mol. The second kappa shape index (κ2) is 6.79. The highest BCUT2D eigenvalue weighted by Gasteiger charge is 2.34. The van der Waals surface area contributed by atoms with Crippen LogP contribution >= 0.6 is 11.6 Å².